The Morgan fingerprint density at radius 2 is 2.06 bits per heavy atom. The van der Waals surface area contributed by atoms with Crippen LogP contribution in [0, 0.1) is 12.3 Å². The van der Waals surface area contributed by atoms with Gasteiger partial charge in [-0.1, -0.05) is 23.2 Å². The van der Waals surface area contributed by atoms with Crippen molar-refractivity contribution < 1.29 is 0 Å². The summed E-state index contributed by atoms with van der Waals surface area (Å²) in [4.78, 5) is 0. The van der Waals surface area contributed by atoms with Crippen LogP contribution in [0.3, 0.4) is 0 Å². The molecular weight excluding hydrogens is 241 g/mol. The maximum atomic E-state index is 6.11. The van der Waals surface area contributed by atoms with Gasteiger partial charge in [0.05, 0.1) is 0 Å². The zero-order valence-corrected chi connectivity index (χ0v) is 10.9. The summed E-state index contributed by atoms with van der Waals surface area (Å²) < 4.78 is 0. The molecule has 0 saturated carbocycles. The van der Waals surface area contributed by atoms with Gasteiger partial charge >= 0.3 is 0 Å². The lowest BCUT2D eigenvalue weighted by Gasteiger charge is -2.20. The largest absolute Gasteiger partial charge is 0.307 e. The topological polar surface area (TPSA) is 12.0 Å². The number of hydrogen-bond acceptors (Lipinski definition) is 1. The molecule has 0 bridgehead atoms. The van der Waals surface area contributed by atoms with Crippen LogP contribution in [-0.2, 0) is 0 Å². The minimum Gasteiger partial charge on any atom is -0.307 e. The van der Waals surface area contributed by atoms with Crippen LogP contribution in [0.4, 0.5) is 0 Å². The third-order valence-corrected chi connectivity index (χ3v) is 2.96. The van der Waals surface area contributed by atoms with Crippen LogP contribution in [-0.4, -0.2) is 6.04 Å². The van der Waals surface area contributed by atoms with E-state index in [2.05, 4.69) is 18.2 Å². The first-order chi connectivity index (χ1) is 7.54. The van der Waals surface area contributed by atoms with E-state index in [4.69, 9.17) is 29.6 Å². The summed E-state index contributed by atoms with van der Waals surface area (Å²) >= 11 is 12.1. The molecule has 1 rings (SSSR count). The van der Waals surface area contributed by atoms with Gasteiger partial charge in [0.1, 0.15) is 0 Å². The van der Waals surface area contributed by atoms with Gasteiger partial charge in [-0.25, -0.2) is 0 Å². The molecule has 1 nitrogen and oxygen atoms in total. The second kappa shape index (κ2) is 6.15. The average molecular weight is 256 g/mol. The second-order valence-electron chi connectivity index (χ2n) is 3.86. The van der Waals surface area contributed by atoms with Crippen molar-refractivity contribution in [1.82, 2.24) is 5.32 Å². The highest BCUT2D eigenvalue weighted by atomic mass is 35.5. The van der Waals surface area contributed by atoms with E-state index in [1.165, 1.54) is 0 Å². The van der Waals surface area contributed by atoms with Crippen molar-refractivity contribution >= 4 is 23.2 Å². The van der Waals surface area contributed by atoms with Crippen LogP contribution in [0.1, 0.15) is 31.9 Å². The van der Waals surface area contributed by atoms with Crippen molar-refractivity contribution in [3.8, 4) is 12.3 Å². The van der Waals surface area contributed by atoms with E-state index in [1.807, 2.05) is 19.1 Å². The molecule has 2 atom stereocenters. The van der Waals surface area contributed by atoms with Gasteiger partial charge in [0.15, 0.2) is 0 Å². The van der Waals surface area contributed by atoms with Crippen molar-refractivity contribution in [2.24, 2.45) is 0 Å². The minimum absolute atomic E-state index is 0.134. The van der Waals surface area contributed by atoms with Gasteiger partial charge in [-0.15, -0.1) is 12.3 Å². The standard InChI is InChI=1S/C13H15Cl2N/c1-4-5-9(2)16-10(3)12-8-11(14)6-7-13(12)15/h1,6-10,16H,5H2,2-3H3. The quantitative estimate of drug-likeness (QED) is 0.801. The van der Waals surface area contributed by atoms with Crippen molar-refractivity contribution in [3.05, 3.63) is 33.8 Å². The van der Waals surface area contributed by atoms with E-state index < -0.39 is 0 Å². The summed E-state index contributed by atoms with van der Waals surface area (Å²) in [5.41, 5.74) is 0.998. The monoisotopic (exact) mass is 255 g/mol. The second-order valence-corrected chi connectivity index (χ2v) is 4.71. The van der Waals surface area contributed by atoms with Crippen LogP contribution in [0.25, 0.3) is 0 Å². The number of benzene rings is 1. The van der Waals surface area contributed by atoms with E-state index in [-0.39, 0.29) is 12.1 Å². The highest BCUT2D eigenvalue weighted by Crippen LogP contribution is 2.26. The summed E-state index contributed by atoms with van der Waals surface area (Å²) in [5.74, 6) is 2.63. The molecule has 0 amide bonds. The molecule has 0 saturated heterocycles. The van der Waals surface area contributed by atoms with Crippen LogP contribution in [0.15, 0.2) is 18.2 Å². The molecule has 16 heavy (non-hydrogen) atoms. The minimum atomic E-state index is 0.134. The lowest BCUT2D eigenvalue weighted by atomic mass is 10.1. The maximum absolute atomic E-state index is 6.11. The normalized spacial score (nSPS) is 14.2. The van der Waals surface area contributed by atoms with Gasteiger partial charge in [-0.2, -0.15) is 0 Å². The lowest BCUT2D eigenvalue weighted by Crippen LogP contribution is -2.28. The zero-order chi connectivity index (χ0) is 12.1. The maximum Gasteiger partial charge on any atom is 0.0454 e. The Bertz CT molecular complexity index is 395. The first kappa shape index (κ1) is 13.4. The SMILES string of the molecule is C#CCC(C)NC(C)c1cc(Cl)ccc1Cl. The van der Waals surface area contributed by atoms with E-state index >= 15 is 0 Å². The Morgan fingerprint density at radius 3 is 2.69 bits per heavy atom. The van der Waals surface area contributed by atoms with E-state index in [0.29, 0.717) is 11.4 Å². The smallest absolute Gasteiger partial charge is 0.0454 e. The number of rotatable bonds is 4. The van der Waals surface area contributed by atoms with Gasteiger partial charge < -0.3 is 5.32 Å². The molecule has 0 aromatic heterocycles. The molecular formula is C13H15Cl2N. The molecule has 1 aromatic carbocycles. The predicted octanol–water partition coefficient (Wildman–Crippen LogP) is 4.06. The molecule has 0 fully saturated rings. The molecule has 86 valence electrons. The summed E-state index contributed by atoms with van der Waals surface area (Å²) in [6.07, 6.45) is 5.96. The van der Waals surface area contributed by atoms with Gasteiger partial charge in [-0.3, -0.25) is 0 Å². The van der Waals surface area contributed by atoms with Crippen LogP contribution in [0.5, 0.6) is 0 Å². The summed E-state index contributed by atoms with van der Waals surface area (Å²) in [5, 5.41) is 4.79. The molecule has 0 spiro atoms. The summed E-state index contributed by atoms with van der Waals surface area (Å²) in [6.45, 7) is 4.10. The van der Waals surface area contributed by atoms with Crippen molar-refractivity contribution in [3.63, 3.8) is 0 Å². The highest BCUT2D eigenvalue weighted by Gasteiger charge is 2.12. The number of terminal acetylenes is 1. The molecule has 0 heterocycles. The third kappa shape index (κ3) is 3.72. The van der Waals surface area contributed by atoms with Crippen molar-refractivity contribution in [1.29, 1.82) is 0 Å². The molecule has 2 unspecified atom stereocenters. The number of nitrogens with one attached hydrogen (secondary N) is 1. The Labute approximate surface area is 107 Å². The fourth-order valence-corrected chi connectivity index (χ4v) is 2.06. The third-order valence-electron chi connectivity index (χ3n) is 2.38. The van der Waals surface area contributed by atoms with Crippen molar-refractivity contribution in [2.45, 2.75) is 32.4 Å². The Kier molecular flexibility index (Phi) is 5.15. The van der Waals surface area contributed by atoms with E-state index in [0.717, 1.165) is 10.6 Å². The predicted molar refractivity (Wildman–Crippen MR) is 70.9 cm³/mol. The van der Waals surface area contributed by atoms with Crippen LogP contribution >= 0.6 is 23.2 Å². The Morgan fingerprint density at radius 1 is 1.38 bits per heavy atom. The first-order valence-corrected chi connectivity index (χ1v) is 5.94. The molecule has 1 aromatic rings. The lowest BCUT2D eigenvalue weighted by molar-refractivity contribution is 0.486. The highest BCUT2D eigenvalue weighted by molar-refractivity contribution is 6.33. The summed E-state index contributed by atoms with van der Waals surface area (Å²) in [6, 6.07) is 5.86. The molecule has 0 radical (unpaired) electrons. The van der Waals surface area contributed by atoms with E-state index in [9.17, 15) is 0 Å². The molecule has 0 aliphatic heterocycles. The number of halogens is 2. The number of hydrogen-bond donors (Lipinski definition) is 1. The molecule has 1 N–H and O–H groups in total. The van der Waals surface area contributed by atoms with E-state index in [1.54, 1.807) is 6.07 Å². The fourth-order valence-electron chi connectivity index (χ4n) is 1.60. The van der Waals surface area contributed by atoms with Gasteiger partial charge in [0.25, 0.3) is 0 Å². The molecule has 0 aliphatic rings. The first-order valence-electron chi connectivity index (χ1n) is 5.19. The van der Waals surface area contributed by atoms with Gasteiger partial charge in [0.2, 0.25) is 0 Å². The fraction of sp³-hybridized carbons (Fsp3) is 0.385. The van der Waals surface area contributed by atoms with Crippen LogP contribution in [0.2, 0.25) is 10.0 Å². The average Bonchev–Trinajstić information content (AvgIpc) is 2.21. The van der Waals surface area contributed by atoms with Gasteiger partial charge in [0, 0.05) is 28.5 Å². The summed E-state index contributed by atoms with van der Waals surface area (Å²) in [7, 11) is 0. The Balaban J connectivity index is 2.76. The van der Waals surface area contributed by atoms with Gasteiger partial charge in [-0.05, 0) is 37.6 Å². The Hall–Kier alpha value is -0.680. The van der Waals surface area contributed by atoms with Crippen LogP contribution < -0.4 is 5.32 Å². The zero-order valence-electron chi connectivity index (χ0n) is 9.43. The molecule has 3 heteroatoms. The molecule has 0 aliphatic carbocycles. The van der Waals surface area contributed by atoms with Crippen molar-refractivity contribution in [2.75, 3.05) is 0 Å².